The highest BCUT2D eigenvalue weighted by atomic mass is 16.7. The number of methoxy groups -OCH3 is 1. The summed E-state index contributed by atoms with van der Waals surface area (Å²) in [4.78, 5) is 49.4. The summed E-state index contributed by atoms with van der Waals surface area (Å²) in [5.41, 5.74) is 2.17. The van der Waals surface area contributed by atoms with Crippen LogP contribution in [0.15, 0.2) is 36.4 Å². The Kier molecular flexibility index (Phi) is 8.99. The first-order valence-electron chi connectivity index (χ1n) is 15.8. The zero-order chi connectivity index (χ0) is 34.7. The molecule has 0 amide bonds. The molecule has 2 aromatic carbocycles. The summed E-state index contributed by atoms with van der Waals surface area (Å²) in [5, 5.41) is 22.4. The Morgan fingerprint density at radius 3 is 2.14 bits per heavy atom. The van der Waals surface area contributed by atoms with E-state index in [2.05, 4.69) is 6.07 Å². The number of nitriles is 1. The number of carbonyl (C=O) groups is 4. The lowest BCUT2D eigenvalue weighted by molar-refractivity contribution is -0.360. The van der Waals surface area contributed by atoms with Crippen molar-refractivity contribution >= 4 is 23.9 Å². The molecule has 0 aliphatic carbocycles. The van der Waals surface area contributed by atoms with Crippen LogP contribution in [-0.4, -0.2) is 67.1 Å². The van der Waals surface area contributed by atoms with E-state index < -0.39 is 88.3 Å². The number of aryl methyl sites for hydroxylation is 1. The van der Waals surface area contributed by atoms with Crippen LogP contribution in [0.5, 0.6) is 5.75 Å². The Balaban J connectivity index is 2.29. The highest BCUT2D eigenvalue weighted by Gasteiger charge is 2.61. The molecule has 0 aromatic heterocycles. The van der Waals surface area contributed by atoms with Gasteiger partial charge in [0.1, 0.15) is 18.5 Å². The fraction of sp³-hybridized carbons (Fsp3) is 0.452. The van der Waals surface area contributed by atoms with Crippen LogP contribution in [0.1, 0.15) is 67.8 Å². The average Bonchev–Trinajstić information content (AvgIpc) is 3.09. The van der Waals surface area contributed by atoms with Crippen molar-refractivity contribution in [3.05, 3.63) is 64.2 Å². The Hall–Kier alpha value is -4.47. The van der Waals surface area contributed by atoms with Crippen molar-refractivity contribution < 1.29 is 58.2 Å². The van der Waals surface area contributed by atoms with Crippen LogP contribution >= 0.6 is 0 Å². The number of benzene rings is 2. The first kappa shape index (κ1) is 27.4. The molecule has 1 aliphatic heterocycles. The Bertz CT molecular complexity index is 1480. The van der Waals surface area contributed by atoms with Crippen LogP contribution in [0.25, 0.3) is 0 Å². The molecule has 12 nitrogen and oxygen atoms in total. The molecule has 0 spiro atoms. The number of carbonyl (C=O) groups excluding carboxylic acids is 4. The smallest absolute Gasteiger partial charge is 0.303 e. The Morgan fingerprint density at radius 1 is 0.953 bits per heavy atom. The van der Waals surface area contributed by atoms with Crippen molar-refractivity contribution in [3.8, 4) is 11.8 Å². The van der Waals surface area contributed by atoms with Gasteiger partial charge in [-0.15, -0.1) is 0 Å². The summed E-state index contributed by atoms with van der Waals surface area (Å²) in [6, 6.07) is 12.3. The highest BCUT2D eigenvalue weighted by Crippen LogP contribution is 2.45. The fourth-order valence-electron chi connectivity index (χ4n) is 4.79. The lowest BCUT2D eigenvalue weighted by atomic mass is 9.85. The van der Waals surface area contributed by atoms with Gasteiger partial charge < -0.3 is 33.5 Å². The van der Waals surface area contributed by atoms with Crippen molar-refractivity contribution in [2.24, 2.45) is 0 Å². The molecule has 1 heterocycles. The summed E-state index contributed by atoms with van der Waals surface area (Å²) >= 11 is 0. The topological polar surface area (TPSA) is 168 Å². The van der Waals surface area contributed by atoms with E-state index in [-0.39, 0.29) is 23.3 Å². The number of ether oxygens (including phenoxy) is 6. The Labute approximate surface area is 255 Å². The summed E-state index contributed by atoms with van der Waals surface area (Å²) in [5.74, 6) is -7.63. The van der Waals surface area contributed by atoms with Crippen molar-refractivity contribution in [3.63, 3.8) is 0 Å². The average molecular weight is 602 g/mol. The lowest BCUT2D eigenvalue weighted by Crippen LogP contribution is -2.66. The zero-order valence-corrected chi connectivity index (χ0v) is 23.7. The summed E-state index contributed by atoms with van der Waals surface area (Å²) in [6.07, 6.45) is -6.51. The molecule has 1 fully saturated rings. The number of nitrogens with zero attached hydrogens (tertiary/aromatic N) is 1. The van der Waals surface area contributed by atoms with Gasteiger partial charge in [0.25, 0.3) is 0 Å². The van der Waals surface area contributed by atoms with Gasteiger partial charge in [-0.25, -0.2) is 0 Å². The minimum absolute atomic E-state index is 0.143. The maximum atomic E-state index is 12.6. The molecular formula is C31H35NO11. The van der Waals surface area contributed by atoms with Crippen molar-refractivity contribution in [1.29, 1.82) is 5.26 Å². The molecule has 0 bridgehead atoms. The van der Waals surface area contributed by atoms with Gasteiger partial charge in [0.05, 0.1) is 24.3 Å². The number of hydrogen-bond donors (Lipinski definition) is 1. The van der Waals surface area contributed by atoms with Gasteiger partial charge in [-0.1, -0.05) is 31.2 Å². The first-order chi connectivity index (χ1) is 22.5. The highest BCUT2D eigenvalue weighted by molar-refractivity contribution is 5.69. The number of hydrogen-bond acceptors (Lipinski definition) is 12. The minimum atomic E-state index is -2.86. The van der Waals surface area contributed by atoms with Gasteiger partial charge in [0, 0.05) is 33.1 Å². The number of aliphatic hydroxyl groups is 1. The third-order valence-electron chi connectivity index (χ3n) is 6.66. The van der Waals surface area contributed by atoms with Crippen molar-refractivity contribution in [2.45, 2.75) is 77.6 Å². The summed E-state index contributed by atoms with van der Waals surface area (Å²) in [7, 11) is 1.23. The predicted octanol–water partition coefficient (Wildman–Crippen LogP) is 2.62. The van der Waals surface area contributed by atoms with Gasteiger partial charge in [-0.3, -0.25) is 19.2 Å². The summed E-state index contributed by atoms with van der Waals surface area (Å²) < 4.78 is 62.3. The van der Waals surface area contributed by atoms with Crippen LogP contribution in [0.3, 0.4) is 0 Å². The van der Waals surface area contributed by atoms with E-state index in [1.807, 2.05) is 31.2 Å². The van der Waals surface area contributed by atoms with Crippen molar-refractivity contribution in [1.82, 2.24) is 0 Å². The molecule has 230 valence electrons. The van der Waals surface area contributed by atoms with E-state index in [4.69, 9.17) is 33.9 Å². The third-order valence-corrected chi connectivity index (χ3v) is 6.66. The van der Waals surface area contributed by atoms with E-state index >= 15 is 0 Å². The normalized spacial score (nSPS) is 24.1. The third kappa shape index (κ3) is 7.88. The van der Waals surface area contributed by atoms with E-state index in [1.54, 1.807) is 0 Å². The predicted molar refractivity (Wildman–Crippen MR) is 148 cm³/mol. The number of rotatable bonds is 10. The number of esters is 4. The van der Waals surface area contributed by atoms with Crippen LogP contribution in [-0.2, 0) is 61.5 Å². The van der Waals surface area contributed by atoms with Gasteiger partial charge in [0.15, 0.2) is 12.2 Å². The van der Waals surface area contributed by atoms with Crippen molar-refractivity contribution in [2.75, 3.05) is 13.7 Å². The minimum Gasteiger partial charge on any atom is -0.496 e. The fourth-order valence-corrected chi connectivity index (χ4v) is 4.79. The quantitative estimate of drug-likeness (QED) is 0.313. The zero-order valence-electron chi connectivity index (χ0n) is 27.7. The molecule has 5 atom stereocenters. The molecule has 1 aliphatic rings. The molecule has 1 saturated heterocycles. The second-order valence-corrected chi connectivity index (χ2v) is 9.52. The molecule has 0 radical (unpaired) electrons. The SMILES string of the molecule is [2H]CC(=O)OC[C@H]1OC(O)(c2cc(Cc3ccc(CC)cc3)c(C#N)cc2OC)[C@H](OC(=O)C[2H])[C@@H](OC(=O)C[2H])[C@@H]1OC(=O)C[2H]. The second-order valence-electron chi connectivity index (χ2n) is 9.52. The molecule has 2 aromatic rings. The van der Waals surface area contributed by atoms with E-state index in [0.717, 1.165) is 17.5 Å². The Morgan fingerprint density at radius 2 is 1.56 bits per heavy atom. The first-order valence-corrected chi connectivity index (χ1v) is 13.0. The maximum Gasteiger partial charge on any atom is 0.303 e. The molecule has 3 rings (SSSR count). The molecule has 12 heteroatoms. The monoisotopic (exact) mass is 601 g/mol. The summed E-state index contributed by atoms with van der Waals surface area (Å²) in [6.45, 7) is -2.41. The lowest BCUT2D eigenvalue weighted by Gasteiger charge is -2.49. The molecular weight excluding hydrogens is 562 g/mol. The molecule has 43 heavy (non-hydrogen) atoms. The van der Waals surface area contributed by atoms with Crippen LogP contribution in [0.2, 0.25) is 0 Å². The van der Waals surface area contributed by atoms with Crippen LogP contribution in [0, 0.1) is 11.3 Å². The van der Waals surface area contributed by atoms with E-state index in [1.165, 1.54) is 19.2 Å². The van der Waals surface area contributed by atoms with Gasteiger partial charge in [-0.05, 0) is 41.7 Å². The molecule has 1 unspecified atom stereocenters. The van der Waals surface area contributed by atoms with Crippen LogP contribution in [0.4, 0.5) is 0 Å². The largest absolute Gasteiger partial charge is 0.496 e. The molecule has 0 saturated carbocycles. The van der Waals surface area contributed by atoms with Crippen LogP contribution < -0.4 is 4.74 Å². The standard InChI is InChI=1S/C31H35NO11/c1-7-21-8-10-22(11-9-21)12-23-13-25(26(38-6)14-24(23)15-32)31(37)30(42-20(5)36)29(41-19(4)35)28(40-18(3)34)27(43-31)16-39-17(2)33/h8-11,13-14,27-30,37H,7,12,16H2,1-6H3/t27-,28-,29+,30-,31?/m1/s1/i2D,3D,4D,5D. The van der Waals surface area contributed by atoms with E-state index in [0.29, 0.717) is 5.56 Å². The van der Waals surface area contributed by atoms with Gasteiger partial charge >= 0.3 is 23.9 Å². The maximum absolute atomic E-state index is 12.6. The second kappa shape index (κ2) is 14.1. The molecule has 1 N–H and O–H groups in total. The van der Waals surface area contributed by atoms with Gasteiger partial charge in [0.2, 0.25) is 11.9 Å². The van der Waals surface area contributed by atoms with Gasteiger partial charge in [-0.2, -0.15) is 5.26 Å². The van der Waals surface area contributed by atoms with E-state index in [9.17, 15) is 29.5 Å².